The van der Waals surface area contributed by atoms with Crippen LogP contribution in [0.5, 0.6) is 0 Å². The highest BCUT2D eigenvalue weighted by molar-refractivity contribution is 5.71. The Hall–Kier alpha value is -3.15. The molecule has 0 aliphatic heterocycles. The van der Waals surface area contributed by atoms with Crippen LogP contribution in [0.1, 0.15) is 201 Å². The first-order chi connectivity index (χ1) is 27.0. The SMILES string of the molecule is CC/C=C\C/C=C\C/C=C\CCCC(=O)OCC(COC(=O)CCCCC/C=C\CCCCCCCCC)OC(=O)CCCCCCC/C=C\C/C=C\CC. The molecular formula is C49H82O6. The minimum absolute atomic E-state index is 0.106. The average Bonchev–Trinajstić information content (AvgIpc) is 3.18. The van der Waals surface area contributed by atoms with Crippen molar-refractivity contribution in [3.05, 3.63) is 72.9 Å². The first kappa shape index (κ1) is 51.9. The third-order valence-corrected chi connectivity index (χ3v) is 9.18. The standard InChI is InChI=1S/C49H82O6/c1-4-7-10-13-16-19-22-24-25-28-30-33-36-39-42-48(51)54-45-46(44-53-47(50)41-38-35-32-29-26-21-18-15-12-9-6-3)55-49(52)43-40-37-34-31-27-23-20-17-14-11-8-5-2/h8-9,11-12,17-18,20-21,25,28-29,32,46H,4-7,10,13-16,19,22-24,26-27,30-31,33-45H2,1-3H3/b11-8-,12-9-,20-17-,21-18-,28-25-,32-29-. The van der Waals surface area contributed by atoms with Gasteiger partial charge in [0.05, 0.1) is 0 Å². The summed E-state index contributed by atoms with van der Waals surface area (Å²) in [6, 6.07) is 0. The highest BCUT2D eigenvalue weighted by atomic mass is 16.6. The molecule has 1 unspecified atom stereocenters. The van der Waals surface area contributed by atoms with Crippen molar-refractivity contribution in [3.8, 4) is 0 Å². The van der Waals surface area contributed by atoms with E-state index in [0.717, 1.165) is 109 Å². The highest BCUT2D eigenvalue weighted by Gasteiger charge is 2.19. The number of esters is 3. The lowest BCUT2D eigenvalue weighted by Gasteiger charge is -2.18. The third kappa shape index (κ3) is 41.8. The van der Waals surface area contributed by atoms with Gasteiger partial charge in [-0.05, 0) is 96.3 Å². The van der Waals surface area contributed by atoms with Gasteiger partial charge in [-0.1, -0.05) is 158 Å². The maximum atomic E-state index is 12.7. The molecule has 0 amide bonds. The van der Waals surface area contributed by atoms with Crippen molar-refractivity contribution in [2.75, 3.05) is 13.2 Å². The topological polar surface area (TPSA) is 78.9 Å². The van der Waals surface area contributed by atoms with Gasteiger partial charge in [0.15, 0.2) is 6.10 Å². The Morgan fingerprint density at radius 3 is 1.22 bits per heavy atom. The zero-order valence-corrected chi connectivity index (χ0v) is 35.7. The van der Waals surface area contributed by atoms with E-state index in [1.807, 2.05) is 0 Å². The number of carbonyl (C=O) groups excluding carboxylic acids is 3. The van der Waals surface area contributed by atoms with E-state index in [-0.39, 0.29) is 37.5 Å². The van der Waals surface area contributed by atoms with E-state index in [4.69, 9.17) is 14.2 Å². The fourth-order valence-corrected chi connectivity index (χ4v) is 5.85. The Bertz CT molecular complexity index is 1070. The van der Waals surface area contributed by atoms with Crippen LogP contribution in [0, 0.1) is 0 Å². The Labute approximate surface area is 338 Å². The summed E-state index contributed by atoms with van der Waals surface area (Å²) in [7, 11) is 0. The monoisotopic (exact) mass is 767 g/mol. The lowest BCUT2D eigenvalue weighted by atomic mass is 10.1. The summed E-state index contributed by atoms with van der Waals surface area (Å²) in [5.74, 6) is -0.999. The molecule has 0 fully saturated rings. The second-order valence-corrected chi connectivity index (χ2v) is 14.5. The van der Waals surface area contributed by atoms with Crippen molar-refractivity contribution >= 4 is 17.9 Å². The lowest BCUT2D eigenvalue weighted by molar-refractivity contribution is -0.167. The molecule has 0 saturated heterocycles. The molecule has 0 aliphatic rings. The molecule has 0 heterocycles. The molecule has 0 saturated carbocycles. The smallest absolute Gasteiger partial charge is 0.306 e. The van der Waals surface area contributed by atoms with Crippen LogP contribution in [-0.4, -0.2) is 37.2 Å². The molecule has 55 heavy (non-hydrogen) atoms. The number of hydrogen-bond donors (Lipinski definition) is 0. The van der Waals surface area contributed by atoms with Crippen molar-refractivity contribution < 1.29 is 28.6 Å². The van der Waals surface area contributed by atoms with E-state index in [0.29, 0.717) is 19.3 Å². The molecule has 0 aromatic heterocycles. The highest BCUT2D eigenvalue weighted by Crippen LogP contribution is 2.12. The molecule has 314 valence electrons. The molecule has 0 aliphatic carbocycles. The van der Waals surface area contributed by atoms with E-state index < -0.39 is 6.10 Å². The van der Waals surface area contributed by atoms with Gasteiger partial charge in [0.1, 0.15) is 13.2 Å². The van der Waals surface area contributed by atoms with Crippen LogP contribution in [0.25, 0.3) is 0 Å². The van der Waals surface area contributed by atoms with Crippen molar-refractivity contribution in [2.45, 2.75) is 207 Å². The molecule has 0 N–H and O–H groups in total. The second-order valence-electron chi connectivity index (χ2n) is 14.5. The first-order valence-corrected chi connectivity index (χ1v) is 22.4. The van der Waals surface area contributed by atoms with Gasteiger partial charge in [-0.25, -0.2) is 0 Å². The number of allylic oxidation sites excluding steroid dienone is 12. The Morgan fingerprint density at radius 1 is 0.382 bits per heavy atom. The van der Waals surface area contributed by atoms with Gasteiger partial charge in [-0.15, -0.1) is 0 Å². The van der Waals surface area contributed by atoms with Crippen LogP contribution in [-0.2, 0) is 28.6 Å². The summed E-state index contributed by atoms with van der Waals surface area (Å²) < 4.78 is 16.6. The fraction of sp³-hybridized carbons (Fsp3) is 0.694. The van der Waals surface area contributed by atoms with Gasteiger partial charge < -0.3 is 14.2 Å². The Kier molecular flexibility index (Phi) is 41.1. The van der Waals surface area contributed by atoms with Crippen molar-refractivity contribution in [2.24, 2.45) is 0 Å². The Morgan fingerprint density at radius 2 is 0.727 bits per heavy atom. The van der Waals surface area contributed by atoms with E-state index in [1.54, 1.807) is 0 Å². The summed E-state index contributed by atoms with van der Waals surface area (Å²) in [6.45, 7) is 6.31. The van der Waals surface area contributed by atoms with Crippen LogP contribution >= 0.6 is 0 Å². The quantitative estimate of drug-likeness (QED) is 0.0268. The van der Waals surface area contributed by atoms with Gasteiger partial charge in [0.25, 0.3) is 0 Å². The molecule has 6 nitrogen and oxygen atoms in total. The van der Waals surface area contributed by atoms with Gasteiger partial charge in [-0.3, -0.25) is 14.4 Å². The molecule has 6 heteroatoms. The zero-order chi connectivity index (χ0) is 40.1. The number of hydrogen-bond acceptors (Lipinski definition) is 6. The van der Waals surface area contributed by atoms with Crippen LogP contribution in [0.3, 0.4) is 0 Å². The maximum Gasteiger partial charge on any atom is 0.306 e. The molecule has 0 rings (SSSR count). The lowest BCUT2D eigenvalue weighted by Crippen LogP contribution is -2.30. The molecule has 0 aromatic carbocycles. The van der Waals surface area contributed by atoms with Gasteiger partial charge in [0, 0.05) is 19.3 Å². The summed E-state index contributed by atoms with van der Waals surface area (Å²) in [6.07, 6.45) is 53.3. The predicted octanol–water partition coefficient (Wildman–Crippen LogP) is 14.3. The minimum Gasteiger partial charge on any atom is -0.462 e. The minimum atomic E-state index is -0.806. The van der Waals surface area contributed by atoms with Gasteiger partial charge >= 0.3 is 17.9 Å². The summed E-state index contributed by atoms with van der Waals surface area (Å²) in [4.78, 5) is 37.7. The van der Waals surface area contributed by atoms with Gasteiger partial charge in [0.2, 0.25) is 0 Å². The van der Waals surface area contributed by atoms with Crippen LogP contribution in [0.2, 0.25) is 0 Å². The van der Waals surface area contributed by atoms with Crippen LogP contribution in [0.4, 0.5) is 0 Å². The number of carbonyl (C=O) groups is 3. The zero-order valence-electron chi connectivity index (χ0n) is 35.7. The average molecular weight is 767 g/mol. The van der Waals surface area contributed by atoms with E-state index in [9.17, 15) is 14.4 Å². The molecule has 0 spiro atoms. The molecular weight excluding hydrogens is 685 g/mol. The van der Waals surface area contributed by atoms with E-state index in [1.165, 1.54) is 44.9 Å². The summed E-state index contributed by atoms with van der Waals surface area (Å²) in [5.41, 5.74) is 0. The van der Waals surface area contributed by atoms with Crippen LogP contribution < -0.4 is 0 Å². The maximum absolute atomic E-state index is 12.7. The van der Waals surface area contributed by atoms with E-state index in [2.05, 4.69) is 93.7 Å². The number of unbranched alkanes of at least 4 members (excludes halogenated alkanes) is 16. The van der Waals surface area contributed by atoms with Crippen molar-refractivity contribution in [1.82, 2.24) is 0 Å². The van der Waals surface area contributed by atoms with E-state index >= 15 is 0 Å². The van der Waals surface area contributed by atoms with Crippen molar-refractivity contribution in [3.63, 3.8) is 0 Å². The Balaban J connectivity index is 4.48. The number of rotatable bonds is 39. The largest absolute Gasteiger partial charge is 0.462 e. The predicted molar refractivity (Wildman–Crippen MR) is 233 cm³/mol. The van der Waals surface area contributed by atoms with Crippen LogP contribution in [0.15, 0.2) is 72.9 Å². The second kappa shape index (κ2) is 43.6. The molecule has 0 aromatic rings. The molecule has 0 radical (unpaired) electrons. The molecule has 1 atom stereocenters. The van der Waals surface area contributed by atoms with Crippen molar-refractivity contribution in [1.29, 1.82) is 0 Å². The normalized spacial score (nSPS) is 12.7. The fourth-order valence-electron chi connectivity index (χ4n) is 5.85. The summed E-state index contributed by atoms with van der Waals surface area (Å²) >= 11 is 0. The summed E-state index contributed by atoms with van der Waals surface area (Å²) in [5, 5.41) is 0. The molecule has 0 bridgehead atoms. The first-order valence-electron chi connectivity index (χ1n) is 22.4. The van der Waals surface area contributed by atoms with Gasteiger partial charge in [-0.2, -0.15) is 0 Å². The number of ether oxygens (including phenoxy) is 3. The third-order valence-electron chi connectivity index (χ3n) is 9.18.